The zero-order valence-electron chi connectivity index (χ0n) is 11.0. The Labute approximate surface area is 140 Å². The van der Waals surface area contributed by atoms with Gasteiger partial charge < -0.3 is 16.8 Å². The fourth-order valence-electron chi connectivity index (χ4n) is 1.62. The first-order valence-corrected chi connectivity index (χ1v) is 7.62. The number of nitrogens with two attached hydrogens (primary N) is 2. The first-order valence-electron chi connectivity index (χ1n) is 5.99. The fourth-order valence-corrected chi connectivity index (χ4v) is 2.86. The number of guanidine groups is 1. The fraction of sp³-hybridized carbons (Fsp3) is 0.167. The number of halogens is 2. The van der Waals surface area contributed by atoms with Gasteiger partial charge in [-0.1, -0.05) is 35.0 Å². The first-order chi connectivity index (χ1) is 10.3. The number of rotatable bonds is 3. The van der Waals surface area contributed by atoms with Gasteiger partial charge in [0, 0.05) is 12.1 Å². The summed E-state index contributed by atoms with van der Waals surface area (Å²) in [6, 6.07) is 4.69. The van der Waals surface area contributed by atoms with Crippen LogP contribution in [-0.2, 0) is 9.59 Å². The molecular formula is C12H11Cl2N5O2S. The van der Waals surface area contributed by atoms with Gasteiger partial charge in [0.1, 0.15) is 5.25 Å². The molecular weight excluding hydrogens is 349 g/mol. The smallest absolute Gasteiger partial charge is 0.262 e. The summed E-state index contributed by atoms with van der Waals surface area (Å²) in [6.07, 6.45) is -0.0588. The largest absolute Gasteiger partial charge is 0.370 e. The molecule has 1 aliphatic rings. The molecule has 116 valence electrons. The maximum Gasteiger partial charge on any atom is 0.262 e. The summed E-state index contributed by atoms with van der Waals surface area (Å²) in [5.41, 5.74) is 10.9. The number of aliphatic imine (C=N–C) groups is 2. The number of nitrogens with zero attached hydrogens (tertiary/aromatic N) is 2. The van der Waals surface area contributed by atoms with Crippen LogP contribution in [0.1, 0.15) is 6.42 Å². The highest BCUT2D eigenvalue weighted by atomic mass is 35.5. The molecule has 0 aliphatic carbocycles. The molecule has 1 heterocycles. The SMILES string of the molecule is NC(N)=NC1=NC(=O)[C@@H](CC(=O)Nc2ccc(Cl)c(Cl)c2)S1. The van der Waals surface area contributed by atoms with Crippen LogP contribution in [0.2, 0.25) is 10.0 Å². The summed E-state index contributed by atoms with van der Waals surface area (Å²) in [6.45, 7) is 0. The third kappa shape index (κ3) is 4.36. The van der Waals surface area contributed by atoms with Gasteiger partial charge in [0.15, 0.2) is 11.1 Å². The van der Waals surface area contributed by atoms with E-state index in [9.17, 15) is 9.59 Å². The average Bonchev–Trinajstić information content (AvgIpc) is 2.73. The Morgan fingerprint density at radius 1 is 1.36 bits per heavy atom. The van der Waals surface area contributed by atoms with Crippen LogP contribution in [0, 0.1) is 0 Å². The van der Waals surface area contributed by atoms with E-state index in [-0.39, 0.29) is 23.5 Å². The lowest BCUT2D eigenvalue weighted by molar-refractivity contribution is -0.121. The van der Waals surface area contributed by atoms with Crippen molar-refractivity contribution in [2.24, 2.45) is 21.5 Å². The van der Waals surface area contributed by atoms with E-state index in [0.29, 0.717) is 15.7 Å². The van der Waals surface area contributed by atoms with Gasteiger partial charge in [-0.3, -0.25) is 9.59 Å². The third-order valence-corrected chi connectivity index (χ3v) is 4.31. The van der Waals surface area contributed by atoms with E-state index in [1.165, 1.54) is 6.07 Å². The summed E-state index contributed by atoms with van der Waals surface area (Å²) in [4.78, 5) is 31.0. The van der Waals surface area contributed by atoms with Gasteiger partial charge in [0.25, 0.3) is 5.91 Å². The van der Waals surface area contributed by atoms with E-state index in [4.69, 9.17) is 34.7 Å². The van der Waals surface area contributed by atoms with Gasteiger partial charge in [-0.2, -0.15) is 9.98 Å². The molecule has 0 aromatic heterocycles. The lowest BCUT2D eigenvalue weighted by Gasteiger charge is -2.08. The van der Waals surface area contributed by atoms with Crippen molar-refractivity contribution < 1.29 is 9.59 Å². The molecule has 7 nitrogen and oxygen atoms in total. The van der Waals surface area contributed by atoms with Crippen molar-refractivity contribution in [3.63, 3.8) is 0 Å². The zero-order valence-corrected chi connectivity index (χ0v) is 13.4. The van der Waals surface area contributed by atoms with E-state index in [0.717, 1.165) is 11.8 Å². The van der Waals surface area contributed by atoms with Crippen molar-refractivity contribution in [3.8, 4) is 0 Å². The van der Waals surface area contributed by atoms with Gasteiger partial charge >= 0.3 is 0 Å². The van der Waals surface area contributed by atoms with Crippen LogP contribution >= 0.6 is 35.0 Å². The number of thioether (sulfide) groups is 1. The van der Waals surface area contributed by atoms with Gasteiger partial charge in [-0.05, 0) is 18.2 Å². The third-order valence-electron chi connectivity index (χ3n) is 2.53. The van der Waals surface area contributed by atoms with Crippen LogP contribution < -0.4 is 16.8 Å². The van der Waals surface area contributed by atoms with Gasteiger partial charge in [0.05, 0.1) is 10.0 Å². The normalized spacial score (nSPS) is 17.1. The molecule has 2 rings (SSSR count). The van der Waals surface area contributed by atoms with Crippen LogP contribution in [0.4, 0.5) is 5.69 Å². The second-order valence-corrected chi connectivity index (χ2v) is 6.24. The van der Waals surface area contributed by atoms with E-state index < -0.39 is 11.2 Å². The Morgan fingerprint density at radius 3 is 2.73 bits per heavy atom. The monoisotopic (exact) mass is 359 g/mol. The lowest BCUT2D eigenvalue weighted by Crippen LogP contribution is -2.23. The van der Waals surface area contributed by atoms with Gasteiger partial charge in [-0.15, -0.1) is 0 Å². The Balaban J connectivity index is 1.94. The van der Waals surface area contributed by atoms with Crippen molar-refractivity contribution in [3.05, 3.63) is 28.2 Å². The highest BCUT2D eigenvalue weighted by Crippen LogP contribution is 2.27. The van der Waals surface area contributed by atoms with Crippen molar-refractivity contribution in [1.82, 2.24) is 0 Å². The molecule has 0 radical (unpaired) electrons. The number of nitrogens with one attached hydrogen (secondary N) is 1. The van der Waals surface area contributed by atoms with Gasteiger partial charge in [-0.25, -0.2) is 0 Å². The minimum absolute atomic E-state index is 0.0588. The molecule has 1 aliphatic heterocycles. The second-order valence-electron chi connectivity index (χ2n) is 4.26. The van der Waals surface area contributed by atoms with Gasteiger partial charge in [0.2, 0.25) is 5.91 Å². The zero-order chi connectivity index (χ0) is 16.3. The maximum atomic E-state index is 12.0. The van der Waals surface area contributed by atoms with Crippen LogP contribution in [-0.4, -0.2) is 28.2 Å². The molecule has 0 saturated carbocycles. The minimum Gasteiger partial charge on any atom is -0.370 e. The van der Waals surface area contributed by atoms with E-state index >= 15 is 0 Å². The maximum absolute atomic E-state index is 12.0. The number of benzene rings is 1. The summed E-state index contributed by atoms with van der Waals surface area (Å²) >= 11 is 12.7. The van der Waals surface area contributed by atoms with Crippen molar-refractivity contribution in [1.29, 1.82) is 0 Å². The molecule has 5 N–H and O–H groups in total. The van der Waals surface area contributed by atoms with Crippen molar-refractivity contribution >= 4 is 63.6 Å². The Hall–Kier alpha value is -1.77. The predicted molar refractivity (Wildman–Crippen MR) is 89.3 cm³/mol. The highest BCUT2D eigenvalue weighted by molar-refractivity contribution is 8.15. The van der Waals surface area contributed by atoms with Crippen LogP contribution in [0.15, 0.2) is 28.2 Å². The summed E-state index contributed by atoms with van der Waals surface area (Å²) in [5.74, 6) is -1.00. The summed E-state index contributed by atoms with van der Waals surface area (Å²) in [7, 11) is 0. The summed E-state index contributed by atoms with van der Waals surface area (Å²) in [5, 5.41) is 2.84. The predicted octanol–water partition coefficient (Wildman–Crippen LogP) is 1.59. The molecule has 2 amide bonds. The Bertz CT molecular complexity index is 688. The van der Waals surface area contributed by atoms with Crippen LogP contribution in [0.25, 0.3) is 0 Å². The quantitative estimate of drug-likeness (QED) is 0.558. The second kappa shape index (κ2) is 6.99. The number of amidine groups is 1. The number of hydrogen-bond acceptors (Lipinski definition) is 4. The molecule has 1 aromatic carbocycles. The summed E-state index contributed by atoms with van der Waals surface area (Å²) < 4.78 is 0. The van der Waals surface area contributed by atoms with E-state index in [1.807, 2.05) is 0 Å². The average molecular weight is 360 g/mol. The Kier molecular flexibility index (Phi) is 5.28. The molecule has 0 spiro atoms. The molecule has 10 heteroatoms. The van der Waals surface area contributed by atoms with E-state index in [2.05, 4.69) is 15.3 Å². The number of amides is 2. The highest BCUT2D eigenvalue weighted by Gasteiger charge is 2.30. The van der Waals surface area contributed by atoms with Crippen LogP contribution in [0.3, 0.4) is 0 Å². The minimum atomic E-state index is -0.652. The molecule has 0 fully saturated rings. The molecule has 1 aromatic rings. The topological polar surface area (TPSA) is 123 Å². The number of hydrogen-bond donors (Lipinski definition) is 3. The lowest BCUT2D eigenvalue weighted by atomic mass is 10.2. The number of carbonyl (C=O) groups excluding carboxylic acids is 2. The van der Waals surface area contributed by atoms with Crippen molar-refractivity contribution in [2.75, 3.05) is 5.32 Å². The molecule has 22 heavy (non-hydrogen) atoms. The molecule has 0 bridgehead atoms. The molecule has 0 saturated heterocycles. The van der Waals surface area contributed by atoms with E-state index in [1.54, 1.807) is 12.1 Å². The molecule has 1 atom stereocenters. The Morgan fingerprint density at radius 2 is 2.09 bits per heavy atom. The molecule has 0 unspecified atom stereocenters. The number of anilines is 1. The van der Waals surface area contributed by atoms with Crippen LogP contribution in [0.5, 0.6) is 0 Å². The van der Waals surface area contributed by atoms with Crippen molar-refractivity contribution in [2.45, 2.75) is 11.7 Å². The standard InChI is InChI=1S/C12H11Cl2N5O2S/c13-6-2-1-5(3-7(6)14)17-9(20)4-8-10(21)18-12(22-8)19-11(15)16/h1-3,8H,4H2,(H,17,20)(H4,15,16,18,19,21)/t8-/m1/s1. The first kappa shape index (κ1) is 16.6. The number of carbonyl (C=O) groups is 2.